The smallest absolute Gasteiger partial charge is 0.126 e. The van der Waals surface area contributed by atoms with Crippen molar-refractivity contribution in [1.29, 1.82) is 0 Å². The Morgan fingerprint density at radius 1 is 0.491 bits per heavy atom. The van der Waals surface area contributed by atoms with Crippen molar-refractivity contribution in [2.45, 2.75) is 26.2 Å². The molecule has 0 saturated heterocycles. The van der Waals surface area contributed by atoms with Gasteiger partial charge in [-0.2, -0.15) is 0 Å². The zero-order valence-corrected chi connectivity index (χ0v) is 31.9. The van der Waals surface area contributed by atoms with Crippen molar-refractivity contribution < 1.29 is 0 Å². The highest BCUT2D eigenvalue weighted by Gasteiger charge is 2.21. The molecule has 0 bridgehead atoms. The topological polar surface area (TPSA) is 25.2 Å². The molecule has 0 aliphatic carbocycles. The average Bonchev–Trinajstić information content (AvgIpc) is 3.66. The van der Waals surface area contributed by atoms with E-state index in [1.54, 1.807) is 11.3 Å². The third kappa shape index (κ3) is 5.89. The van der Waals surface area contributed by atoms with Gasteiger partial charge in [0.05, 0.1) is 15.9 Å². The Bertz CT molecular complexity index is 3120. The average molecular weight is 723 g/mol. The Morgan fingerprint density at radius 2 is 1.04 bits per heavy atom. The first-order valence-corrected chi connectivity index (χ1v) is 19.7. The lowest BCUT2D eigenvalue weighted by Gasteiger charge is -2.20. The van der Waals surface area contributed by atoms with Crippen LogP contribution in [-0.2, 0) is 5.41 Å². The molecular weight excluding hydrogens is 685 g/mol. The fraction of sp³-hybridized carbons (Fsp3) is 0.0769. The summed E-state index contributed by atoms with van der Waals surface area (Å²) in [6.45, 7) is 6.86. The van der Waals surface area contributed by atoms with Crippen LogP contribution in [0, 0.1) is 0 Å². The number of aromatic nitrogens is 1. The molecule has 55 heavy (non-hydrogen) atoms. The van der Waals surface area contributed by atoms with E-state index >= 15 is 0 Å². The summed E-state index contributed by atoms with van der Waals surface area (Å²) in [6, 6.07) is 61.3. The fourth-order valence-electron chi connectivity index (χ4n) is 8.02. The van der Waals surface area contributed by atoms with E-state index in [9.17, 15) is 0 Å². The van der Waals surface area contributed by atoms with Crippen LogP contribution in [0.15, 0.2) is 175 Å². The Kier molecular flexibility index (Phi) is 7.94. The Balaban J connectivity index is 1.07. The Labute approximate surface area is 325 Å². The minimum absolute atomic E-state index is 0.0259. The number of thiazole rings is 1. The maximum absolute atomic E-state index is 5.39. The summed E-state index contributed by atoms with van der Waals surface area (Å²) < 4.78 is 1.18. The molecule has 0 spiro atoms. The number of nitrogens with zero attached hydrogens (tertiary/aromatic N) is 2. The quantitative estimate of drug-likeness (QED) is 0.128. The van der Waals surface area contributed by atoms with Crippen molar-refractivity contribution in [3.05, 3.63) is 181 Å². The van der Waals surface area contributed by atoms with Gasteiger partial charge in [0.15, 0.2) is 0 Å². The molecule has 0 amide bonds. The van der Waals surface area contributed by atoms with E-state index in [4.69, 9.17) is 9.98 Å². The molecule has 0 aliphatic rings. The predicted octanol–water partition coefficient (Wildman–Crippen LogP) is 15.0. The second-order valence-corrected chi connectivity index (χ2v) is 16.4. The highest BCUT2D eigenvalue weighted by atomic mass is 32.1. The zero-order chi connectivity index (χ0) is 37.1. The van der Waals surface area contributed by atoms with Crippen molar-refractivity contribution in [3.8, 4) is 32.8 Å². The molecule has 0 atom stereocenters. The molecule has 0 unspecified atom stereocenters. The van der Waals surface area contributed by atoms with Crippen LogP contribution in [0.25, 0.3) is 86.1 Å². The van der Waals surface area contributed by atoms with E-state index in [2.05, 4.69) is 191 Å². The molecule has 1 heterocycles. The number of aliphatic imine (C=N–C) groups is 1. The molecule has 3 heteroatoms. The van der Waals surface area contributed by atoms with Gasteiger partial charge >= 0.3 is 0 Å². The minimum Gasteiger partial charge on any atom is -0.256 e. The fourth-order valence-corrected chi connectivity index (χ4v) is 9.08. The van der Waals surface area contributed by atoms with E-state index < -0.39 is 0 Å². The van der Waals surface area contributed by atoms with Crippen LogP contribution >= 0.6 is 11.3 Å². The minimum atomic E-state index is -0.0259. The molecule has 10 rings (SSSR count). The van der Waals surface area contributed by atoms with Crippen LogP contribution in [0.5, 0.6) is 0 Å². The molecule has 1 aromatic heterocycles. The van der Waals surface area contributed by atoms with Crippen molar-refractivity contribution >= 4 is 76.5 Å². The lowest BCUT2D eigenvalue weighted by Crippen LogP contribution is -2.11. The number of hydrogen-bond acceptors (Lipinski definition) is 3. The molecule has 2 nitrogen and oxygen atoms in total. The molecule has 0 radical (unpaired) electrons. The number of fused-ring (bicyclic) bond motifs is 7. The van der Waals surface area contributed by atoms with Gasteiger partial charge in [0.25, 0.3) is 0 Å². The lowest BCUT2D eigenvalue weighted by molar-refractivity contribution is 0.591. The molecule has 262 valence electrons. The van der Waals surface area contributed by atoms with Crippen LogP contribution in [0.3, 0.4) is 0 Å². The Hall–Kier alpha value is -6.42. The van der Waals surface area contributed by atoms with E-state index in [1.807, 2.05) is 6.21 Å². The van der Waals surface area contributed by atoms with Crippen LogP contribution in [0.1, 0.15) is 31.9 Å². The number of benzene rings is 9. The summed E-state index contributed by atoms with van der Waals surface area (Å²) in [6.07, 6.45) is 2.02. The monoisotopic (exact) mass is 722 g/mol. The second kappa shape index (κ2) is 13.2. The summed E-state index contributed by atoms with van der Waals surface area (Å²) in [5.74, 6) is 0. The van der Waals surface area contributed by atoms with Crippen molar-refractivity contribution in [1.82, 2.24) is 4.98 Å². The highest BCUT2D eigenvalue weighted by molar-refractivity contribution is 7.21. The van der Waals surface area contributed by atoms with Crippen molar-refractivity contribution in [2.75, 3.05) is 0 Å². The molecular formula is C52H38N2S. The van der Waals surface area contributed by atoms with E-state index in [-0.39, 0.29) is 5.41 Å². The summed E-state index contributed by atoms with van der Waals surface area (Å²) in [7, 11) is 0. The molecule has 0 fully saturated rings. The third-order valence-electron chi connectivity index (χ3n) is 10.9. The Morgan fingerprint density at radius 3 is 1.73 bits per heavy atom. The van der Waals surface area contributed by atoms with Crippen LogP contribution in [0.2, 0.25) is 0 Å². The first-order valence-electron chi connectivity index (χ1n) is 18.9. The molecule has 9 aromatic carbocycles. The van der Waals surface area contributed by atoms with Crippen LogP contribution in [0.4, 0.5) is 5.69 Å². The summed E-state index contributed by atoms with van der Waals surface area (Å²) in [4.78, 5) is 10.5. The molecule has 10 aromatic rings. The first kappa shape index (κ1) is 33.2. The second-order valence-electron chi connectivity index (χ2n) is 15.4. The summed E-state index contributed by atoms with van der Waals surface area (Å²) in [5, 5.41) is 11.0. The van der Waals surface area contributed by atoms with Gasteiger partial charge in [0.2, 0.25) is 0 Å². The third-order valence-corrected chi connectivity index (χ3v) is 11.9. The van der Waals surface area contributed by atoms with Crippen molar-refractivity contribution in [3.63, 3.8) is 0 Å². The van der Waals surface area contributed by atoms with Gasteiger partial charge < -0.3 is 0 Å². The van der Waals surface area contributed by atoms with Gasteiger partial charge in [0.1, 0.15) is 5.01 Å². The standard InChI is InChI=1S/C52H38N2S/c1-52(2,3)38-30-47(34-26-24-33(25-27-34)46-29-36-15-5-7-17-40(36)43-20-10-11-21-44(43)46)50-49(31-38)55-51(54-50)45-22-12-13-23-48(45)53-32-37-28-35-14-4-6-16-39(35)42-19-9-8-18-41(37)42/h4-32H,1-3H3. The highest BCUT2D eigenvalue weighted by Crippen LogP contribution is 2.43. The largest absolute Gasteiger partial charge is 0.256 e. The first-order chi connectivity index (χ1) is 26.9. The number of rotatable bonds is 5. The van der Waals surface area contributed by atoms with Gasteiger partial charge in [-0.1, -0.05) is 154 Å². The molecule has 0 N–H and O–H groups in total. The lowest BCUT2D eigenvalue weighted by atomic mass is 9.85. The van der Waals surface area contributed by atoms with Gasteiger partial charge in [-0.15, -0.1) is 11.3 Å². The number of hydrogen-bond donors (Lipinski definition) is 0. The summed E-state index contributed by atoms with van der Waals surface area (Å²) >= 11 is 1.75. The maximum Gasteiger partial charge on any atom is 0.126 e. The number of para-hydroxylation sites is 1. The zero-order valence-electron chi connectivity index (χ0n) is 31.0. The normalized spacial score (nSPS) is 12.2. The van der Waals surface area contributed by atoms with Crippen LogP contribution in [-0.4, -0.2) is 11.2 Å². The van der Waals surface area contributed by atoms with Gasteiger partial charge in [-0.25, -0.2) is 4.98 Å². The molecule has 0 saturated carbocycles. The maximum atomic E-state index is 5.39. The predicted molar refractivity (Wildman–Crippen MR) is 238 cm³/mol. The van der Waals surface area contributed by atoms with Crippen LogP contribution < -0.4 is 0 Å². The van der Waals surface area contributed by atoms with Gasteiger partial charge in [0, 0.05) is 22.9 Å². The van der Waals surface area contributed by atoms with Gasteiger partial charge in [-0.05, 0) is 107 Å². The van der Waals surface area contributed by atoms with E-state index in [0.717, 1.165) is 38.5 Å². The SMILES string of the molecule is CC(C)(C)c1cc(-c2ccc(-c3cc4ccccc4c4ccccc34)cc2)c2nc(-c3ccccc3N=Cc3cc4ccccc4c4ccccc34)sc2c1. The molecule has 0 aliphatic heterocycles. The van der Waals surface area contributed by atoms with E-state index in [1.165, 1.54) is 64.5 Å². The van der Waals surface area contributed by atoms with Gasteiger partial charge in [-0.3, -0.25) is 4.99 Å². The van der Waals surface area contributed by atoms with Crippen molar-refractivity contribution in [2.24, 2.45) is 4.99 Å². The summed E-state index contributed by atoms with van der Waals surface area (Å²) in [5.41, 5.74) is 10.1. The van der Waals surface area contributed by atoms with E-state index in [0.29, 0.717) is 0 Å².